The monoisotopic (exact) mass is 490 g/mol. The molecule has 0 spiro atoms. The van der Waals surface area contributed by atoms with Crippen LogP contribution in [0, 0.1) is 10.1 Å². The van der Waals surface area contributed by atoms with Crippen molar-refractivity contribution in [3.05, 3.63) is 70.3 Å². The minimum atomic E-state index is -0.464. The molecular formula is C26H30N6O4. The summed E-state index contributed by atoms with van der Waals surface area (Å²) in [4.78, 5) is 41.7. The molecule has 0 bridgehead atoms. The Bertz CT molecular complexity index is 1310. The molecule has 1 aromatic heterocycles. The number of nitrogens with two attached hydrogens (primary N) is 1. The molecule has 0 radical (unpaired) electrons. The summed E-state index contributed by atoms with van der Waals surface area (Å²) in [5.41, 5.74) is 8.39. The van der Waals surface area contributed by atoms with Crippen molar-refractivity contribution in [1.29, 1.82) is 0 Å². The van der Waals surface area contributed by atoms with E-state index in [1.807, 2.05) is 22.6 Å². The van der Waals surface area contributed by atoms with Gasteiger partial charge in [-0.25, -0.2) is 4.98 Å². The van der Waals surface area contributed by atoms with E-state index in [0.717, 1.165) is 31.2 Å². The Morgan fingerprint density at radius 1 is 1.17 bits per heavy atom. The molecule has 36 heavy (non-hydrogen) atoms. The number of imidazole rings is 1. The third kappa shape index (κ3) is 5.37. The first-order valence-electron chi connectivity index (χ1n) is 12.0. The number of non-ortho nitro benzene ring substituents is 1. The number of nitrogens with one attached hydrogen (secondary N) is 1. The van der Waals surface area contributed by atoms with Crippen molar-refractivity contribution in [2.45, 2.75) is 51.1 Å². The zero-order valence-corrected chi connectivity index (χ0v) is 20.3. The normalized spacial score (nSPS) is 13.9. The van der Waals surface area contributed by atoms with Gasteiger partial charge in [-0.3, -0.25) is 19.7 Å². The van der Waals surface area contributed by atoms with Crippen LogP contribution < -0.4 is 11.1 Å². The van der Waals surface area contributed by atoms with E-state index in [4.69, 9.17) is 5.73 Å². The van der Waals surface area contributed by atoms with Gasteiger partial charge in [0.15, 0.2) is 0 Å². The first-order chi connectivity index (χ1) is 17.2. The van der Waals surface area contributed by atoms with Gasteiger partial charge < -0.3 is 20.5 Å². The molecule has 1 heterocycles. The highest BCUT2D eigenvalue weighted by molar-refractivity contribution is 5.98. The average molecular weight is 491 g/mol. The van der Waals surface area contributed by atoms with Crippen molar-refractivity contribution in [3.63, 3.8) is 0 Å². The molecule has 1 aliphatic carbocycles. The van der Waals surface area contributed by atoms with Gasteiger partial charge in [0.05, 0.1) is 16.0 Å². The summed E-state index contributed by atoms with van der Waals surface area (Å²) in [7, 11) is 1.86. The van der Waals surface area contributed by atoms with E-state index in [1.54, 1.807) is 24.3 Å². The molecule has 10 heteroatoms. The number of aryl methyl sites for hydroxylation is 1. The lowest BCUT2D eigenvalue weighted by atomic mass is 9.94. The maximum atomic E-state index is 13.2. The number of amides is 2. The van der Waals surface area contributed by atoms with Crippen molar-refractivity contribution in [3.8, 4) is 0 Å². The first kappa shape index (κ1) is 24.9. The molecular weight excluding hydrogens is 460 g/mol. The second-order valence-electron chi connectivity index (χ2n) is 9.12. The van der Waals surface area contributed by atoms with Crippen LogP contribution in [0.4, 0.5) is 11.6 Å². The molecule has 0 saturated heterocycles. The average Bonchev–Trinajstić information content (AvgIpc) is 3.22. The SMILES string of the molecule is C=C(Nc1nc2cc(C(=O)N(C)C3CCCCC3)ccc2n1CCC(N)=O)c1ccc([N+](=O)[O-])cc1. The number of nitro benzene ring substituents is 1. The van der Waals surface area contributed by atoms with E-state index in [2.05, 4.69) is 16.9 Å². The number of rotatable bonds is 9. The van der Waals surface area contributed by atoms with Gasteiger partial charge in [0.2, 0.25) is 11.9 Å². The summed E-state index contributed by atoms with van der Waals surface area (Å²) < 4.78 is 1.82. The maximum Gasteiger partial charge on any atom is 0.269 e. The molecule has 2 amide bonds. The van der Waals surface area contributed by atoms with Gasteiger partial charge >= 0.3 is 0 Å². The summed E-state index contributed by atoms with van der Waals surface area (Å²) >= 11 is 0. The second kappa shape index (κ2) is 10.6. The fourth-order valence-corrected chi connectivity index (χ4v) is 4.64. The van der Waals surface area contributed by atoms with Crippen molar-refractivity contribution < 1.29 is 14.5 Å². The molecule has 3 N–H and O–H groups in total. The smallest absolute Gasteiger partial charge is 0.269 e. The van der Waals surface area contributed by atoms with Gasteiger partial charge in [-0.2, -0.15) is 0 Å². The van der Waals surface area contributed by atoms with Crippen LogP contribution in [0.2, 0.25) is 0 Å². The van der Waals surface area contributed by atoms with E-state index in [-0.39, 0.29) is 30.6 Å². The number of benzene rings is 2. The predicted octanol–water partition coefficient (Wildman–Crippen LogP) is 4.31. The Hall–Kier alpha value is -4.21. The number of carbonyl (C=O) groups is 2. The summed E-state index contributed by atoms with van der Waals surface area (Å²) in [5, 5.41) is 14.1. The predicted molar refractivity (Wildman–Crippen MR) is 138 cm³/mol. The lowest BCUT2D eigenvalue weighted by molar-refractivity contribution is -0.384. The van der Waals surface area contributed by atoms with Gasteiger partial charge in [-0.05, 0) is 48.7 Å². The molecule has 1 aliphatic rings. The summed E-state index contributed by atoms with van der Waals surface area (Å²) in [6.07, 6.45) is 5.64. The fraction of sp³-hybridized carbons (Fsp3) is 0.346. The summed E-state index contributed by atoms with van der Waals surface area (Å²) in [5.74, 6) is -0.0574. The Balaban J connectivity index is 1.62. The van der Waals surface area contributed by atoms with Gasteiger partial charge in [-0.1, -0.05) is 25.8 Å². The van der Waals surface area contributed by atoms with E-state index in [1.165, 1.54) is 18.6 Å². The minimum Gasteiger partial charge on any atom is -0.370 e. The number of anilines is 1. The van der Waals surface area contributed by atoms with Crippen LogP contribution in [0.5, 0.6) is 0 Å². The van der Waals surface area contributed by atoms with Gasteiger partial charge in [0.1, 0.15) is 0 Å². The quantitative estimate of drug-likeness (QED) is 0.339. The molecule has 10 nitrogen and oxygen atoms in total. The van der Waals surface area contributed by atoms with Crippen molar-refractivity contribution in [2.75, 3.05) is 12.4 Å². The van der Waals surface area contributed by atoms with Crippen molar-refractivity contribution >= 4 is 40.2 Å². The van der Waals surface area contributed by atoms with E-state index in [9.17, 15) is 19.7 Å². The first-order valence-corrected chi connectivity index (χ1v) is 12.0. The van der Waals surface area contributed by atoms with Crippen LogP contribution in [-0.2, 0) is 11.3 Å². The van der Waals surface area contributed by atoms with E-state index < -0.39 is 10.8 Å². The lowest BCUT2D eigenvalue weighted by Gasteiger charge is -2.31. The van der Waals surface area contributed by atoms with Crippen LogP contribution in [0.15, 0.2) is 49.0 Å². The Kier molecular flexibility index (Phi) is 7.33. The summed E-state index contributed by atoms with van der Waals surface area (Å²) in [6.45, 7) is 4.32. The number of carbonyl (C=O) groups excluding carboxylic acids is 2. The highest BCUT2D eigenvalue weighted by atomic mass is 16.6. The number of fused-ring (bicyclic) bond motifs is 1. The lowest BCUT2D eigenvalue weighted by Crippen LogP contribution is -2.38. The van der Waals surface area contributed by atoms with E-state index >= 15 is 0 Å². The van der Waals surface area contributed by atoms with Gasteiger partial charge in [0.25, 0.3) is 11.6 Å². The van der Waals surface area contributed by atoms with Crippen molar-refractivity contribution in [2.24, 2.45) is 5.73 Å². The highest BCUT2D eigenvalue weighted by Gasteiger charge is 2.24. The topological polar surface area (TPSA) is 136 Å². The number of aromatic nitrogens is 2. The van der Waals surface area contributed by atoms with Crippen LogP contribution in [0.25, 0.3) is 16.7 Å². The Labute approximate surface area is 208 Å². The molecule has 188 valence electrons. The molecule has 4 rings (SSSR count). The standard InChI is InChI=1S/C26H30N6O4/c1-17(18-8-11-21(12-9-18)32(35)36)28-26-29-22-16-19(10-13-23(22)31(26)15-14-24(27)33)25(34)30(2)20-6-4-3-5-7-20/h8-13,16,20H,1,3-7,14-15H2,2H3,(H2,27,33)(H,28,29). The van der Waals surface area contributed by atoms with Gasteiger partial charge in [-0.15, -0.1) is 0 Å². The zero-order valence-electron chi connectivity index (χ0n) is 20.3. The molecule has 3 aromatic rings. The number of hydrogen-bond donors (Lipinski definition) is 2. The van der Waals surface area contributed by atoms with E-state index in [0.29, 0.717) is 28.3 Å². The van der Waals surface area contributed by atoms with Crippen LogP contribution in [0.1, 0.15) is 54.4 Å². The molecule has 1 saturated carbocycles. The van der Waals surface area contributed by atoms with Gasteiger partial charge in [0, 0.05) is 49.4 Å². The molecule has 0 aliphatic heterocycles. The highest BCUT2D eigenvalue weighted by Crippen LogP contribution is 2.27. The Morgan fingerprint density at radius 2 is 1.83 bits per heavy atom. The second-order valence-corrected chi connectivity index (χ2v) is 9.12. The minimum absolute atomic E-state index is 0.0179. The van der Waals surface area contributed by atoms with Crippen LogP contribution >= 0.6 is 0 Å². The third-order valence-electron chi connectivity index (χ3n) is 6.71. The third-order valence-corrected chi connectivity index (χ3v) is 6.71. The number of hydrogen-bond acceptors (Lipinski definition) is 6. The number of nitrogens with zero attached hydrogens (tertiary/aromatic N) is 4. The molecule has 0 atom stereocenters. The Morgan fingerprint density at radius 3 is 2.47 bits per heavy atom. The van der Waals surface area contributed by atoms with Crippen molar-refractivity contribution in [1.82, 2.24) is 14.5 Å². The molecule has 2 aromatic carbocycles. The summed E-state index contributed by atoms with van der Waals surface area (Å²) in [6, 6.07) is 11.6. The molecule has 0 unspecified atom stereocenters. The molecule has 1 fully saturated rings. The van der Waals surface area contributed by atoms with Crippen LogP contribution in [0.3, 0.4) is 0 Å². The fourth-order valence-electron chi connectivity index (χ4n) is 4.64. The number of nitro groups is 1. The van der Waals surface area contributed by atoms with Crippen LogP contribution in [-0.4, -0.2) is 44.3 Å². The number of primary amides is 1. The maximum absolute atomic E-state index is 13.2. The zero-order chi connectivity index (χ0) is 25.8. The largest absolute Gasteiger partial charge is 0.370 e.